The van der Waals surface area contributed by atoms with E-state index in [1.165, 1.54) is 23.5 Å². The largest absolute Gasteiger partial charge is 0.506 e. The van der Waals surface area contributed by atoms with Crippen molar-refractivity contribution in [3.8, 4) is 5.75 Å². The lowest BCUT2D eigenvalue weighted by atomic mass is 10.0. The number of methoxy groups -OCH3 is 1. The zero-order valence-electron chi connectivity index (χ0n) is 12.1. The fraction of sp³-hybridized carbons (Fsp3) is 0.286. The van der Waals surface area contributed by atoms with Gasteiger partial charge in [-0.15, -0.1) is 0 Å². The van der Waals surface area contributed by atoms with E-state index in [2.05, 4.69) is 14.8 Å². The molecule has 7 nitrogen and oxygen atoms in total. The number of ether oxygens (including phenoxy) is 1. The van der Waals surface area contributed by atoms with Crippen molar-refractivity contribution in [2.24, 2.45) is 0 Å². The summed E-state index contributed by atoms with van der Waals surface area (Å²) in [5, 5.41) is 12.9. The van der Waals surface area contributed by atoms with Crippen LogP contribution in [0.15, 0.2) is 18.2 Å². The molecular weight excluding hydrogens is 325 g/mol. The second-order valence-corrected chi connectivity index (χ2v) is 5.85. The number of halogens is 1. The number of phenols is 1. The first kappa shape index (κ1) is 15.6. The summed E-state index contributed by atoms with van der Waals surface area (Å²) < 4.78 is 23.3. The molecule has 1 aromatic rings. The summed E-state index contributed by atoms with van der Waals surface area (Å²) in [6.07, 6.45) is 1.59. The van der Waals surface area contributed by atoms with Crippen LogP contribution in [0.2, 0.25) is 0 Å². The first-order valence-electron chi connectivity index (χ1n) is 6.78. The molecular formula is C14H14FN3O4S. The third kappa shape index (κ3) is 2.84. The van der Waals surface area contributed by atoms with Gasteiger partial charge in [-0.1, -0.05) is 6.08 Å². The highest BCUT2D eigenvalue weighted by atomic mass is 32.2. The van der Waals surface area contributed by atoms with Crippen molar-refractivity contribution in [1.82, 2.24) is 10.0 Å². The minimum atomic E-state index is -0.646. The maximum Gasteiger partial charge on any atom is 0.326 e. The number of rotatable bonds is 3. The highest BCUT2D eigenvalue weighted by molar-refractivity contribution is 7.99. The lowest BCUT2D eigenvalue weighted by Crippen LogP contribution is -2.31. The van der Waals surface area contributed by atoms with Gasteiger partial charge in [0.1, 0.15) is 24.0 Å². The molecule has 1 fully saturated rings. The number of hydrogen-bond donors (Lipinski definition) is 3. The lowest BCUT2D eigenvalue weighted by Gasteiger charge is -2.18. The van der Waals surface area contributed by atoms with E-state index >= 15 is 0 Å². The smallest absolute Gasteiger partial charge is 0.326 e. The van der Waals surface area contributed by atoms with Crippen LogP contribution < -0.4 is 14.3 Å². The number of hydrogen-bond acceptors (Lipinski definition) is 7. The van der Waals surface area contributed by atoms with E-state index in [1.807, 2.05) is 0 Å². The SMILES string of the molecule is COC(=O)C1C=C(c2ccc(O)c(N3CC(=O)NS3)c2F)CN1. The number of esters is 1. The number of nitrogens with zero attached hydrogens (tertiary/aromatic N) is 1. The summed E-state index contributed by atoms with van der Waals surface area (Å²) in [5.74, 6) is -1.63. The molecule has 0 aromatic heterocycles. The van der Waals surface area contributed by atoms with Gasteiger partial charge in [0.25, 0.3) is 5.91 Å². The van der Waals surface area contributed by atoms with Crippen LogP contribution in [0.4, 0.5) is 10.1 Å². The second kappa shape index (κ2) is 6.09. The van der Waals surface area contributed by atoms with Crippen molar-refractivity contribution in [1.29, 1.82) is 0 Å². The summed E-state index contributed by atoms with van der Waals surface area (Å²) in [6, 6.07) is 2.18. The zero-order chi connectivity index (χ0) is 16.6. The van der Waals surface area contributed by atoms with Crippen LogP contribution in [0.1, 0.15) is 5.56 Å². The van der Waals surface area contributed by atoms with Gasteiger partial charge in [-0.05, 0) is 17.7 Å². The van der Waals surface area contributed by atoms with E-state index < -0.39 is 17.8 Å². The highest BCUT2D eigenvalue weighted by Crippen LogP contribution is 2.39. The maximum absolute atomic E-state index is 14.8. The summed E-state index contributed by atoms with van der Waals surface area (Å²) in [6.45, 7) is 0.242. The Hall–Kier alpha value is -2.26. The predicted molar refractivity (Wildman–Crippen MR) is 82.9 cm³/mol. The van der Waals surface area contributed by atoms with Gasteiger partial charge >= 0.3 is 5.97 Å². The Bertz CT molecular complexity index is 710. The standard InChI is InChI=1S/C14H14FN3O4S/c1-22-14(21)9-4-7(5-16-9)8-2-3-10(19)13(12(8)15)18-6-11(20)17-23-18/h2-4,9,16,19H,5-6H2,1H3,(H,17,20). The molecule has 9 heteroatoms. The topological polar surface area (TPSA) is 90.9 Å². The van der Waals surface area contributed by atoms with Crippen LogP contribution >= 0.6 is 12.1 Å². The van der Waals surface area contributed by atoms with Gasteiger partial charge in [0.05, 0.1) is 19.2 Å². The Morgan fingerprint density at radius 1 is 1.52 bits per heavy atom. The molecule has 122 valence electrons. The molecule has 2 aliphatic rings. The molecule has 1 saturated heterocycles. The lowest BCUT2D eigenvalue weighted by molar-refractivity contribution is -0.141. The van der Waals surface area contributed by atoms with E-state index in [9.17, 15) is 19.1 Å². The Morgan fingerprint density at radius 3 is 2.96 bits per heavy atom. The summed E-state index contributed by atoms with van der Waals surface area (Å²) in [7, 11) is 1.28. The van der Waals surface area contributed by atoms with Gasteiger partial charge in [0.2, 0.25) is 0 Å². The van der Waals surface area contributed by atoms with E-state index in [0.29, 0.717) is 12.1 Å². The summed E-state index contributed by atoms with van der Waals surface area (Å²) in [5.41, 5.74) is 0.785. The number of nitrogens with one attached hydrogen (secondary N) is 2. The number of anilines is 1. The molecule has 0 saturated carbocycles. The van der Waals surface area contributed by atoms with Crippen LogP contribution in [-0.2, 0) is 14.3 Å². The number of carbonyl (C=O) groups excluding carboxylic acids is 2. The molecule has 3 N–H and O–H groups in total. The third-order valence-corrected chi connectivity index (χ3v) is 4.43. The Balaban J connectivity index is 1.95. The molecule has 0 bridgehead atoms. The van der Waals surface area contributed by atoms with Gasteiger partial charge < -0.3 is 9.84 Å². The van der Waals surface area contributed by atoms with Gasteiger partial charge in [-0.25, -0.2) is 4.39 Å². The maximum atomic E-state index is 14.8. The van der Waals surface area contributed by atoms with Crippen LogP contribution in [0.5, 0.6) is 5.75 Å². The fourth-order valence-corrected chi connectivity index (χ4v) is 3.19. The van der Waals surface area contributed by atoms with Gasteiger partial charge in [-0.2, -0.15) is 0 Å². The molecule has 2 aliphatic heterocycles. The summed E-state index contributed by atoms with van der Waals surface area (Å²) in [4.78, 5) is 22.8. The second-order valence-electron chi connectivity index (χ2n) is 5.02. The van der Waals surface area contributed by atoms with E-state index in [0.717, 1.165) is 12.1 Å². The molecule has 23 heavy (non-hydrogen) atoms. The summed E-state index contributed by atoms with van der Waals surface area (Å²) >= 11 is 0.917. The van der Waals surface area contributed by atoms with Crippen molar-refractivity contribution in [2.45, 2.75) is 6.04 Å². The first-order valence-corrected chi connectivity index (χ1v) is 7.55. The molecule has 2 heterocycles. The Labute approximate surface area is 135 Å². The fourth-order valence-electron chi connectivity index (χ4n) is 2.47. The monoisotopic (exact) mass is 339 g/mol. The van der Waals surface area contributed by atoms with Gasteiger partial charge in [0, 0.05) is 12.1 Å². The van der Waals surface area contributed by atoms with E-state index in [1.54, 1.807) is 6.08 Å². The normalized spacial score (nSPS) is 20.4. The molecule has 1 amide bonds. The van der Waals surface area contributed by atoms with Crippen LogP contribution in [0, 0.1) is 5.82 Å². The first-order chi connectivity index (χ1) is 11.0. The Kier molecular flexibility index (Phi) is 4.14. The Morgan fingerprint density at radius 2 is 2.30 bits per heavy atom. The number of phenolic OH excluding ortho intramolecular Hbond substituents is 1. The molecule has 0 radical (unpaired) electrons. The van der Waals surface area contributed by atoms with Crippen LogP contribution in [0.25, 0.3) is 5.57 Å². The predicted octanol–water partition coefficient (Wildman–Crippen LogP) is 0.559. The molecule has 1 atom stereocenters. The number of carbonyl (C=O) groups is 2. The van der Waals surface area contributed by atoms with E-state index in [-0.39, 0.29) is 29.5 Å². The molecule has 0 aliphatic carbocycles. The number of benzene rings is 1. The van der Waals surface area contributed by atoms with Gasteiger partial charge in [0.15, 0.2) is 5.82 Å². The number of aromatic hydroxyl groups is 1. The van der Waals surface area contributed by atoms with Crippen molar-refractivity contribution in [3.05, 3.63) is 29.6 Å². The van der Waals surface area contributed by atoms with Crippen LogP contribution in [0.3, 0.4) is 0 Å². The highest BCUT2D eigenvalue weighted by Gasteiger charge is 2.30. The van der Waals surface area contributed by atoms with E-state index in [4.69, 9.17) is 0 Å². The number of amides is 1. The van der Waals surface area contributed by atoms with Crippen molar-refractivity contribution < 1.29 is 23.8 Å². The molecule has 1 unspecified atom stereocenters. The molecule has 0 spiro atoms. The van der Waals surface area contributed by atoms with Crippen LogP contribution in [-0.4, -0.2) is 43.2 Å². The molecule has 1 aromatic carbocycles. The molecule has 3 rings (SSSR count). The van der Waals surface area contributed by atoms with Crippen molar-refractivity contribution in [3.63, 3.8) is 0 Å². The minimum Gasteiger partial charge on any atom is -0.506 e. The van der Waals surface area contributed by atoms with Crippen molar-refractivity contribution in [2.75, 3.05) is 24.5 Å². The third-order valence-electron chi connectivity index (χ3n) is 3.58. The van der Waals surface area contributed by atoms with Crippen molar-refractivity contribution >= 4 is 35.3 Å². The average Bonchev–Trinajstić information content (AvgIpc) is 3.16. The van der Waals surface area contributed by atoms with Gasteiger partial charge in [-0.3, -0.25) is 23.9 Å². The zero-order valence-corrected chi connectivity index (χ0v) is 12.9. The quantitative estimate of drug-likeness (QED) is 0.547. The minimum absolute atomic E-state index is 0.0549. The average molecular weight is 339 g/mol.